The van der Waals surface area contributed by atoms with E-state index in [1.807, 2.05) is 32.0 Å². The molecule has 0 radical (unpaired) electrons. The third kappa shape index (κ3) is 4.46. The molecule has 144 valence electrons. The second-order valence-corrected chi connectivity index (χ2v) is 6.21. The summed E-state index contributed by atoms with van der Waals surface area (Å²) in [5.41, 5.74) is 2.15. The van der Waals surface area contributed by atoms with Gasteiger partial charge < -0.3 is 10.6 Å². The summed E-state index contributed by atoms with van der Waals surface area (Å²) in [6, 6.07) is 10.3. The monoisotopic (exact) mass is 386 g/mol. The molecule has 0 atom stereocenters. The molecular weight excluding hydrogens is 369 g/mol. The lowest BCUT2D eigenvalue weighted by molar-refractivity contribution is -0.137. The molecular formula is C20H17F3N4O. The molecule has 28 heavy (non-hydrogen) atoms. The maximum absolute atomic E-state index is 12.8. The van der Waals surface area contributed by atoms with Crippen LogP contribution in [0.15, 0.2) is 54.9 Å². The first kappa shape index (κ1) is 19.3. The van der Waals surface area contributed by atoms with Gasteiger partial charge in [0.25, 0.3) is 5.91 Å². The summed E-state index contributed by atoms with van der Waals surface area (Å²) in [4.78, 5) is 20.4. The number of hydrogen-bond donors (Lipinski definition) is 2. The number of aromatic nitrogens is 2. The van der Waals surface area contributed by atoms with Crippen LogP contribution in [0.5, 0.6) is 0 Å². The Kier molecular flexibility index (Phi) is 5.30. The van der Waals surface area contributed by atoms with Crippen molar-refractivity contribution in [2.75, 3.05) is 10.6 Å². The van der Waals surface area contributed by atoms with Crippen LogP contribution < -0.4 is 10.6 Å². The van der Waals surface area contributed by atoms with Gasteiger partial charge in [-0.15, -0.1) is 0 Å². The van der Waals surface area contributed by atoms with E-state index < -0.39 is 17.6 Å². The number of carbonyl (C=O) groups excluding carboxylic acids is 1. The summed E-state index contributed by atoms with van der Waals surface area (Å²) in [5.74, 6) is -0.196. The van der Waals surface area contributed by atoms with E-state index in [9.17, 15) is 18.0 Å². The number of hydrogen-bond acceptors (Lipinski definition) is 4. The lowest BCUT2D eigenvalue weighted by atomic mass is 10.1. The molecule has 0 bridgehead atoms. The number of amides is 1. The fourth-order valence-electron chi connectivity index (χ4n) is 2.62. The molecule has 2 aromatic carbocycles. The maximum atomic E-state index is 12.8. The first-order valence-electron chi connectivity index (χ1n) is 8.38. The van der Waals surface area contributed by atoms with Gasteiger partial charge in [-0.2, -0.15) is 13.2 Å². The van der Waals surface area contributed by atoms with E-state index in [1.165, 1.54) is 24.5 Å². The average molecular weight is 386 g/mol. The van der Waals surface area contributed by atoms with Crippen molar-refractivity contribution in [2.45, 2.75) is 20.0 Å². The summed E-state index contributed by atoms with van der Waals surface area (Å²) in [5, 5.41) is 5.55. The number of aryl methyl sites for hydroxylation is 2. The zero-order valence-electron chi connectivity index (χ0n) is 15.1. The fourth-order valence-corrected chi connectivity index (χ4v) is 2.62. The zero-order chi connectivity index (χ0) is 20.3. The molecule has 1 amide bonds. The first-order chi connectivity index (χ1) is 13.2. The fraction of sp³-hybridized carbons (Fsp3) is 0.150. The van der Waals surface area contributed by atoms with Gasteiger partial charge in [0, 0.05) is 11.4 Å². The van der Waals surface area contributed by atoms with E-state index in [2.05, 4.69) is 20.6 Å². The van der Waals surface area contributed by atoms with Crippen LogP contribution in [0.4, 0.5) is 30.4 Å². The summed E-state index contributed by atoms with van der Waals surface area (Å²) >= 11 is 0. The smallest absolute Gasteiger partial charge is 0.339 e. The Morgan fingerprint density at radius 3 is 2.25 bits per heavy atom. The normalized spacial score (nSPS) is 11.2. The summed E-state index contributed by atoms with van der Waals surface area (Å²) < 4.78 is 38.3. The number of para-hydroxylation sites is 1. The SMILES string of the molecule is Cc1cccc(C)c1Nc1cnc(C(=O)Nc2cccc(C(F)(F)F)c2)cn1. The second kappa shape index (κ2) is 7.67. The Hall–Kier alpha value is -3.42. The molecule has 1 aromatic heterocycles. The molecule has 0 aliphatic rings. The molecule has 0 spiro atoms. The van der Waals surface area contributed by atoms with Gasteiger partial charge in [-0.25, -0.2) is 9.97 Å². The quantitative estimate of drug-likeness (QED) is 0.654. The number of alkyl halides is 3. The van der Waals surface area contributed by atoms with Gasteiger partial charge in [0.1, 0.15) is 11.5 Å². The molecule has 0 saturated carbocycles. The van der Waals surface area contributed by atoms with Crippen LogP contribution in [0.3, 0.4) is 0 Å². The number of carbonyl (C=O) groups is 1. The Bertz CT molecular complexity index is 981. The Morgan fingerprint density at radius 2 is 1.64 bits per heavy atom. The van der Waals surface area contributed by atoms with E-state index in [0.29, 0.717) is 5.82 Å². The van der Waals surface area contributed by atoms with E-state index in [1.54, 1.807) is 0 Å². The minimum atomic E-state index is -4.48. The largest absolute Gasteiger partial charge is 0.416 e. The van der Waals surface area contributed by atoms with Gasteiger partial charge in [-0.1, -0.05) is 24.3 Å². The Balaban J connectivity index is 1.72. The molecule has 0 aliphatic heterocycles. The predicted molar refractivity (Wildman–Crippen MR) is 101 cm³/mol. The van der Waals surface area contributed by atoms with Gasteiger partial charge in [0.2, 0.25) is 0 Å². The number of nitrogens with zero attached hydrogens (tertiary/aromatic N) is 2. The molecule has 2 N–H and O–H groups in total. The third-order valence-corrected chi connectivity index (χ3v) is 4.07. The molecule has 8 heteroatoms. The van der Waals surface area contributed by atoms with Crippen LogP contribution in [0.1, 0.15) is 27.2 Å². The summed E-state index contributed by atoms with van der Waals surface area (Å²) in [6.45, 7) is 3.92. The second-order valence-electron chi connectivity index (χ2n) is 6.21. The molecule has 0 aliphatic carbocycles. The molecule has 0 unspecified atom stereocenters. The number of benzene rings is 2. The number of rotatable bonds is 4. The summed E-state index contributed by atoms with van der Waals surface area (Å²) in [7, 11) is 0. The van der Waals surface area contributed by atoms with Crippen molar-refractivity contribution in [2.24, 2.45) is 0 Å². The van der Waals surface area contributed by atoms with E-state index in [0.717, 1.165) is 28.9 Å². The highest BCUT2D eigenvalue weighted by Crippen LogP contribution is 2.30. The highest BCUT2D eigenvalue weighted by Gasteiger charge is 2.30. The Morgan fingerprint density at radius 1 is 0.964 bits per heavy atom. The predicted octanol–water partition coefficient (Wildman–Crippen LogP) is 5.11. The van der Waals surface area contributed by atoms with Gasteiger partial charge in [0.15, 0.2) is 0 Å². The highest BCUT2D eigenvalue weighted by molar-refractivity contribution is 6.02. The van der Waals surface area contributed by atoms with Gasteiger partial charge in [-0.3, -0.25) is 4.79 Å². The average Bonchev–Trinajstić information content (AvgIpc) is 2.65. The van der Waals surface area contributed by atoms with Crippen LogP contribution in [0.25, 0.3) is 0 Å². The molecule has 1 heterocycles. The van der Waals surface area contributed by atoms with Crippen LogP contribution in [-0.2, 0) is 6.18 Å². The van der Waals surface area contributed by atoms with Crippen LogP contribution in [-0.4, -0.2) is 15.9 Å². The van der Waals surface area contributed by atoms with Crippen molar-refractivity contribution in [3.63, 3.8) is 0 Å². The van der Waals surface area contributed by atoms with Crippen molar-refractivity contribution in [1.29, 1.82) is 0 Å². The number of halogens is 3. The number of nitrogens with one attached hydrogen (secondary N) is 2. The summed E-state index contributed by atoms with van der Waals surface area (Å²) in [6.07, 6.45) is -1.83. The molecule has 3 aromatic rings. The molecule has 3 rings (SSSR count). The lowest BCUT2D eigenvalue weighted by Crippen LogP contribution is -2.15. The van der Waals surface area contributed by atoms with Gasteiger partial charge in [-0.05, 0) is 43.2 Å². The van der Waals surface area contributed by atoms with E-state index in [4.69, 9.17) is 0 Å². The lowest BCUT2D eigenvalue weighted by Gasteiger charge is -2.12. The maximum Gasteiger partial charge on any atom is 0.416 e. The van der Waals surface area contributed by atoms with Crippen molar-refractivity contribution >= 4 is 23.1 Å². The van der Waals surface area contributed by atoms with Crippen LogP contribution in [0.2, 0.25) is 0 Å². The van der Waals surface area contributed by atoms with Crippen molar-refractivity contribution in [3.05, 3.63) is 77.2 Å². The van der Waals surface area contributed by atoms with E-state index >= 15 is 0 Å². The van der Waals surface area contributed by atoms with Gasteiger partial charge >= 0.3 is 6.18 Å². The zero-order valence-corrected chi connectivity index (χ0v) is 15.1. The Labute approximate surface area is 159 Å². The standard InChI is InChI=1S/C20H17F3N4O/c1-12-5-3-6-13(2)18(12)27-17-11-24-16(10-25-17)19(28)26-15-8-4-7-14(9-15)20(21,22)23/h3-11H,1-2H3,(H,25,27)(H,26,28). The van der Waals surface area contributed by atoms with E-state index in [-0.39, 0.29) is 11.4 Å². The number of anilines is 3. The molecule has 0 saturated heterocycles. The molecule has 0 fully saturated rings. The minimum absolute atomic E-state index is 0.00975. The third-order valence-electron chi connectivity index (χ3n) is 4.07. The van der Waals surface area contributed by atoms with Crippen LogP contribution >= 0.6 is 0 Å². The molecule has 5 nitrogen and oxygen atoms in total. The topological polar surface area (TPSA) is 66.9 Å². The first-order valence-corrected chi connectivity index (χ1v) is 8.38. The highest BCUT2D eigenvalue weighted by atomic mass is 19.4. The van der Waals surface area contributed by atoms with Crippen molar-refractivity contribution in [1.82, 2.24) is 9.97 Å². The van der Waals surface area contributed by atoms with Crippen molar-refractivity contribution < 1.29 is 18.0 Å². The minimum Gasteiger partial charge on any atom is -0.339 e. The van der Waals surface area contributed by atoms with Crippen LogP contribution in [0, 0.1) is 13.8 Å². The van der Waals surface area contributed by atoms with Gasteiger partial charge in [0.05, 0.1) is 18.0 Å². The van der Waals surface area contributed by atoms with Crippen molar-refractivity contribution in [3.8, 4) is 0 Å².